The first-order valence-corrected chi connectivity index (χ1v) is 6.53. The van der Waals surface area contributed by atoms with Crippen LogP contribution in [0.1, 0.15) is 23.7 Å². The molecule has 0 bridgehead atoms. The van der Waals surface area contributed by atoms with E-state index in [1.54, 1.807) is 0 Å². The van der Waals surface area contributed by atoms with E-state index in [1.165, 1.54) is 39.3 Å². The van der Waals surface area contributed by atoms with Gasteiger partial charge < -0.3 is 14.6 Å². The molecule has 1 aromatic rings. The molecule has 1 heterocycles. The average Bonchev–Trinajstić information content (AvgIpc) is 2.81. The third-order valence-electron chi connectivity index (χ3n) is 3.37. The molecule has 1 atom stereocenters. The molecular weight excluding hydrogens is 317 g/mol. The molecule has 0 aromatic heterocycles. The zero-order valence-electron chi connectivity index (χ0n) is 12.6. The number of hydrogen-bond donors (Lipinski definition) is 1. The number of ether oxygens (including phenoxy) is 2. The number of aliphatic hydroxyl groups is 1. The molecule has 1 amide bonds. The van der Waals surface area contributed by atoms with Gasteiger partial charge in [0.25, 0.3) is 11.6 Å². The van der Waals surface area contributed by atoms with Gasteiger partial charge in [-0.05, 0) is 19.1 Å². The van der Waals surface area contributed by atoms with Crippen LogP contribution in [0.15, 0.2) is 23.3 Å². The summed E-state index contributed by atoms with van der Waals surface area (Å²) in [5.41, 5.74) is -3.53. The second kappa shape index (κ2) is 5.73. The summed E-state index contributed by atoms with van der Waals surface area (Å²) in [5, 5.41) is 13.5. The summed E-state index contributed by atoms with van der Waals surface area (Å²) in [4.78, 5) is 12.4. The van der Waals surface area contributed by atoms with E-state index in [2.05, 4.69) is 5.10 Å². The van der Waals surface area contributed by atoms with Crippen molar-refractivity contribution in [2.75, 3.05) is 14.2 Å². The molecule has 1 aliphatic rings. The van der Waals surface area contributed by atoms with Gasteiger partial charge in [0.15, 0.2) is 0 Å². The fraction of sp³-hybridized carbons (Fsp3) is 0.429. The Morgan fingerprint density at radius 1 is 1.26 bits per heavy atom. The number of carbonyl (C=O) groups excluding carboxylic acids is 1. The summed E-state index contributed by atoms with van der Waals surface area (Å²) in [7, 11) is 2.68. The van der Waals surface area contributed by atoms with Crippen molar-refractivity contribution in [3.05, 3.63) is 23.8 Å². The van der Waals surface area contributed by atoms with Gasteiger partial charge in [-0.3, -0.25) is 4.79 Å². The molecule has 23 heavy (non-hydrogen) atoms. The number of hydrazone groups is 1. The number of alkyl halides is 3. The Morgan fingerprint density at radius 2 is 1.78 bits per heavy atom. The quantitative estimate of drug-likeness (QED) is 0.921. The summed E-state index contributed by atoms with van der Waals surface area (Å²) in [6.45, 7) is 1.30. The molecule has 0 saturated carbocycles. The van der Waals surface area contributed by atoms with Crippen LogP contribution in [0.5, 0.6) is 11.5 Å². The van der Waals surface area contributed by atoms with Crippen molar-refractivity contribution in [2.24, 2.45) is 5.10 Å². The minimum absolute atomic E-state index is 0.00645. The lowest BCUT2D eigenvalue weighted by atomic mass is 10.1. The van der Waals surface area contributed by atoms with Gasteiger partial charge in [0, 0.05) is 23.8 Å². The van der Waals surface area contributed by atoms with E-state index in [0.717, 1.165) is 0 Å². The lowest BCUT2D eigenvalue weighted by Crippen LogP contribution is -2.56. The molecule has 6 nitrogen and oxygen atoms in total. The van der Waals surface area contributed by atoms with E-state index in [0.29, 0.717) is 0 Å². The zero-order valence-corrected chi connectivity index (χ0v) is 12.6. The predicted octanol–water partition coefficient (Wildman–Crippen LogP) is 2.18. The topological polar surface area (TPSA) is 71.4 Å². The number of hydrogen-bond acceptors (Lipinski definition) is 5. The maximum absolute atomic E-state index is 13.2. The van der Waals surface area contributed by atoms with Gasteiger partial charge in [-0.1, -0.05) is 0 Å². The monoisotopic (exact) mass is 332 g/mol. The summed E-state index contributed by atoms with van der Waals surface area (Å²) in [6.07, 6.45) is -5.85. The predicted molar refractivity (Wildman–Crippen MR) is 74.4 cm³/mol. The van der Waals surface area contributed by atoms with E-state index < -0.39 is 24.2 Å². The molecule has 1 unspecified atom stereocenters. The molecule has 2 rings (SSSR count). The second-order valence-corrected chi connectivity index (χ2v) is 5.04. The number of methoxy groups -OCH3 is 2. The van der Waals surface area contributed by atoms with E-state index in [9.17, 15) is 23.1 Å². The van der Waals surface area contributed by atoms with Gasteiger partial charge >= 0.3 is 6.18 Å². The molecule has 9 heteroatoms. The van der Waals surface area contributed by atoms with Crippen molar-refractivity contribution >= 4 is 11.6 Å². The van der Waals surface area contributed by atoms with Crippen LogP contribution in [0.2, 0.25) is 0 Å². The average molecular weight is 332 g/mol. The summed E-state index contributed by atoms with van der Waals surface area (Å²) in [5.74, 6) is -0.662. The van der Waals surface area contributed by atoms with E-state index in [1.807, 2.05) is 0 Å². The van der Waals surface area contributed by atoms with Crippen molar-refractivity contribution in [2.45, 2.75) is 25.2 Å². The lowest BCUT2D eigenvalue weighted by molar-refractivity contribution is -0.297. The van der Waals surface area contributed by atoms with Gasteiger partial charge in [-0.15, -0.1) is 0 Å². The molecule has 0 spiro atoms. The standard InChI is InChI=1S/C14H15F3N2O4/c1-8-7-13(21,14(15,16)17)19(18-8)12(20)9-4-10(22-2)6-11(5-9)23-3/h4-6,21H,7H2,1-3H3. The Kier molecular flexibility index (Phi) is 4.25. The normalized spacial score (nSPS) is 21.2. The van der Waals surface area contributed by atoms with Crippen LogP contribution in [-0.2, 0) is 0 Å². The van der Waals surface area contributed by atoms with Crippen molar-refractivity contribution in [3.63, 3.8) is 0 Å². The molecule has 1 aliphatic heterocycles. The minimum Gasteiger partial charge on any atom is -0.497 e. The molecule has 0 fully saturated rings. The molecule has 1 N–H and O–H groups in total. The van der Waals surface area contributed by atoms with Crippen LogP contribution in [0, 0.1) is 0 Å². The lowest BCUT2D eigenvalue weighted by Gasteiger charge is -2.32. The van der Waals surface area contributed by atoms with Crippen LogP contribution < -0.4 is 9.47 Å². The van der Waals surface area contributed by atoms with Crippen LogP contribution in [0.4, 0.5) is 13.2 Å². The third kappa shape index (κ3) is 2.96. The van der Waals surface area contributed by atoms with Gasteiger partial charge in [-0.2, -0.15) is 23.3 Å². The number of carbonyl (C=O) groups is 1. The molecule has 0 radical (unpaired) electrons. The molecule has 0 saturated heterocycles. The largest absolute Gasteiger partial charge is 0.497 e. The number of amides is 1. The van der Waals surface area contributed by atoms with Crippen LogP contribution >= 0.6 is 0 Å². The van der Waals surface area contributed by atoms with E-state index in [4.69, 9.17) is 9.47 Å². The Bertz CT molecular complexity index is 638. The van der Waals surface area contributed by atoms with Crippen molar-refractivity contribution < 1.29 is 32.5 Å². The van der Waals surface area contributed by atoms with Gasteiger partial charge in [0.2, 0.25) is 0 Å². The summed E-state index contributed by atoms with van der Waals surface area (Å²) >= 11 is 0. The molecular formula is C14H15F3N2O4. The highest BCUT2D eigenvalue weighted by Crippen LogP contribution is 2.41. The Labute approximate surface area is 130 Å². The van der Waals surface area contributed by atoms with Crippen molar-refractivity contribution in [3.8, 4) is 11.5 Å². The van der Waals surface area contributed by atoms with Gasteiger partial charge in [-0.25, -0.2) is 0 Å². The van der Waals surface area contributed by atoms with Crippen LogP contribution in [0.25, 0.3) is 0 Å². The summed E-state index contributed by atoms with van der Waals surface area (Å²) in [6, 6.07) is 3.95. The fourth-order valence-corrected chi connectivity index (χ4v) is 2.21. The maximum atomic E-state index is 13.2. The number of nitrogens with zero attached hydrogens (tertiary/aromatic N) is 2. The highest BCUT2D eigenvalue weighted by Gasteiger charge is 2.62. The third-order valence-corrected chi connectivity index (χ3v) is 3.37. The fourth-order valence-electron chi connectivity index (χ4n) is 2.21. The SMILES string of the molecule is COc1cc(OC)cc(C(=O)N2N=C(C)CC2(O)C(F)(F)F)c1. The Balaban J connectivity index is 2.46. The van der Waals surface area contributed by atoms with Crippen molar-refractivity contribution in [1.29, 1.82) is 0 Å². The first kappa shape index (κ1) is 17.1. The number of rotatable bonds is 3. The molecule has 126 valence electrons. The van der Waals surface area contributed by atoms with Crippen LogP contribution in [-0.4, -0.2) is 47.9 Å². The first-order valence-electron chi connectivity index (χ1n) is 6.53. The molecule has 0 aliphatic carbocycles. The first-order chi connectivity index (χ1) is 10.6. The second-order valence-electron chi connectivity index (χ2n) is 5.04. The highest BCUT2D eigenvalue weighted by molar-refractivity contribution is 5.98. The van der Waals surface area contributed by atoms with Gasteiger partial charge in [0.05, 0.1) is 14.2 Å². The molecule has 1 aromatic carbocycles. The van der Waals surface area contributed by atoms with E-state index in [-0.39, 0.29) is 27.8 Å². The summed E-state index contributed by atoms with van der Waals surface area (Å²) < 4.78 is 49.5. The highest BCUT2D eigenvalue weighted by atomic mass is 19.4. The number of benzene rings is 1. The van der Waals surface area contributed by atoms with Crippen LogP contribution in [0.3, 0.4) is 0 Å². The van der Waals surface area contributed by atoms with Crippen molar-refractivity contribution in [1.82, 2.24) is 5.01 Å². The number of halogens is 3. The Hall–Kier alpha value is -2.29. The van der Waals surface area contributed by atoms with Gasteiger partial charge in [0.1, 0.15) is 11.5 Å². The van der Waals surface area contributed by atoms with E-state index >= 15 is 0 Å². The Morgan fingerprint density at radius 3 is 2.22 bits per heavy atom. The zero-order chi connectivity index (χ0) is 17.4. The minimum atomic E-state index is -5.05. The smallest absolute Gasteiger partial charge is 0.438 e. The maximum Gasteiger partial charge on any atom is 0.438 e.